The molecule has 3 aliphatic carbocycles. The molecule has 6 atom stereocenters. The summed E-state index contributed by atoms with van der Waals surface area (Å²) in [5.74, 6) is -0.265. The van der Waals surface area contributed by atoms with Gasteiger partial charge >= 0.3 is 0 Å². The van der Waals surface area contributed by atoms with Crippen molar-refractivity contribution in [2.24, 2.45) is 5.92 Å². The third kappa shape index (κ3) is 1.63. The zero-order valence-electron chi connectivity index (χ0n) is 15.9. The SMILES string of the molecule is C[N@+]1(C(O)C2CC2)CC[C@]23c4c5cc(O)c(O)c4O[C@H]2C(=O)CC[C@@]3(O)[C@H]1C5. The number of piperidine rings is 1. The van der Waals surface area contributed by atoms with E-state index >= 15 is 0 Å². The van der Waals surface area contributed by atoms with Gasteiger partial charge in [-0.25, -0.2) is 0 Å². The summed E-state index contributed by atoms with van der Waals surface area (Å²) in [5.41, 5.74) is -0.603. The lowest BCUT2D eigenvalue weighted by Crippen LogP contribution is -2.82. The third-order valence-electron chi connectivity index (χ3n) is 8.58. The van der Waals surface area contributed by atoms with Gasteiger partial charge < -0.3 is 25.2 Å². The minimum atomic E-state index is -1.20. The molecule has 4 N–H and O–H groups in total. The van der Waals surface area contributed by atoms with E-state index in [1.165, 1.54) is 0 Å². The molecule has 150 valence electrons. The molecule has 1 aromatic rings. The first-order valence-corrected chi connectivity index (χ1v) is 10.3. The molecule has 0 aromatic heterocycles. The number of hydrogen-bond donors (Lipinski definition) is 4. The molecule has 1 unspecified atom stereocenters. The number of hydrogen-bond acceptors (Lipinski definition) is 6. The van der Waals surface area contributed by atoms with E-state index in [0.717, 1.165) is 18.4 Å². The predicted molar refractivity (Wildman–Crippen MR) is 96.9 cm³/mol. The van der Waals surface area contributed by atoms with Crippen LogP contribution >= 0.6 is 0 Å². The first-order valence-electron chi connectivity index (χ1n) is 10.3. The number of ether oxygens (including phenoxy) is 1. The molecular formula is C21H26NO6+. The summed E-state index contributed by atoms with van der Waals surface area (Å²) in [6.07, 6.45) is 2.14. The number of phenols is 2. The number of rotatable bonds is 2. The highest BCUT2D eigenvalue weighted by Gasteiger charge is 2.77. The molecule has 28 heavy (non-hydrogen) atoms. The number of phenolic OH excluding ortho intramolecular Hbond substituents is 2. The van der Waals surface area contributed by atoms with Gasteiger partial charge in [0.15, 0.2) is 29.6 Å². The average molecular weight is 388 g/mol. The highest BCUT2D eigenvalue weighted by atomic mass is 16.5. The summed E-state index contributed by atoms with van der Waals surface area (Å²) < 4.78 is 6.33. The van der Waals surface area contributed by atoms with Gasteiger partial charge in [0.1, 0.15) is 11.6 Å². The minimum absolute atomic E-state index is 0.0646. The second kappa shape index (κ2) is 4.83. The van der Waals surface area contributed by atoms with Gasteiger partial charge in [0.25, 0.3) is 0 Å². The summed E-state index contributed by atoms with van der Waals surface area (Å²) >= 11 is 0. The van der Waals surface area contributed by atoms with Crippen LogP contribution < -0.4 is 4.74 Å². The predicted octanol–water partition coefficient (Wildman–Crippen LogP) is 0.694. The largest absolute Gasteiger partial charge is 0.504 e. The van der Waals surface area contributed by atoms with E-state index in [9.17, 15) is 25.2 Å². The van der Waals surface area contributed by atoms with Crippen LogP contribution in [-0.4, -0.2) is 68.3 Å². The van der Waals surface area contributed by atoms with Crippen molar-refractivity contribution < 1.29 is 34.4 Å². The molecule has 0 radical (unpaired) electrons. The van der Waals surface area contributed by atoms with Gasteiger partial charge in [0.05, 0.1) is 19.0 Å². The number of aliphatic hydroxyl groups is 2. The number of aromatic hydroxyl groups is 2. The van der Waals surface area contributed by atoms with E-state index in [1.54, 1.807) is 6.07 Å². The first kappa shape index (κ1) is 17.1. The Kier molecular flexibility index (Phi) is 2.94. The average Bonchev–Trinajstić information content (AvgIpc) is 3.43. The van der Waals surface area contributed by atoms with Crippen molar-refractivity contribution in [3.63, 3.8) is 0 Å². The standard InChI is InChI=1S/C21H25NO6/c1-22(19(26)10-2-3-10)7-6-20-15-11-8-13(24)16(25)17(15)28-18(20)12(23)4-5-21(20,27)14(22)9-11/h8,10,14,18-19,26-27H,2-7,9H2,1H3,(H-,24,25)/p+1/t14-,18+,19?,20+,21-,22+/m1/s1. The Bertz CT molecular complexity index is 928. The van der Waals surface area contributed by atoms with E-state index in [2.05, 4.69) is 0 Å². The van der Waals surface area contributed by atoms with Crippen molar-refractivity contribution in [1.82, 2.24) is 0 Å². The normalized spacial score (nSPS) is 44.0. The number of benzene rings is 1. The van der Waals surface area contributed by atoms with Gasteiger partial charge in [0, 0.05) is 30.7 Å². The number of quaternary nitrogens is 1. The molecule has 7 nitrogen and oxygen atoms in total. The van der Waals surface area contributed by atoms with Crippen molar-refractivity contribution in [1.29, 1.82) is 0 Å². The van der Waals surface area contributed by atoms with Crippen LogP contribution in [0.1, 0.15) is 43.2 Å². The number of carbonyl (C=O) groups is 1. The Morgan fingerprint density at radius 3 is 2.75 bits per heavy atom. The van der Waals surface area contributed by atoms with E-state index in [1.807, 2.05) is 7.05 Å². The number of ketones is 1. The molecule has 7 heteroatoms. The van der Waals surface area contributed by atoms with Crippen LogP contribution in [0, 0.1) is 5.92 Å². The van der Waals surface area contributed by atoms with Crippen molar-refractivity contribution in [3.05, 3.63) is 17.2 Å². The Morgan fingerprint density at radius 2 is 2.04 bits per heavy atom. The highest BCUT2D eigenvalue weighted by molar-refractivity contribution is 5.90. The zero-order valence-corrected chi connectivity index (χ0v) is 15.9. The van der Waals surface area contributed by atoms with E-state index in [-0.39, 0.29) is 41.4 Å². The minimum Gasteiger partial charge on any atom is -0.504 e. The van der Waals surface area contributed by atoms with Gasteiger partial charge in [-0.2, -0.15) is 0 Å². The van der Waals surface area contributed by atoms with Crippen LogP contribution in [0.25, 0.3) is 0 Å². The lowest BCUT2D eigenvalue weighted by Gasteiger charge is -2.65. The van der Waals surface area contributed by atoms with Crippen LogP contribution in [0.2, 0.25) is 0 Å². The van der Waals surface area contributed by atoms with Gasteiger partial charge in [-0.05, 0) is 30.9 Å². The number of carbonyl (C=O) groups excluding carboxylic acids is 1. The van der Waals surface area contributed by atoms with E-state index < -0.39 is 23.3 Å². The molecule has 3 fully saturated rings. The van der Waals surface area contributed by atoms with Gasteiger partial charge in [0.2, 0.25) is 5.75 Å². The summed E-state index contributed by atoms with van der Waals surface area (Å²) in [7, 11) is 2.02. The maximum absolute atomic E-state index is 12.8. The molecule has 1 saturated heterocycles. The first-order chi connectivity index (χ1) is 13.2. The number of nitrogens with zero attached hydrogens (tertiary/aromatic N) is 1. The fourth-order valence-electron chi connectivity index (χ4n) is 7.03. The van der Waals surface area contributed by atoms with Crippen molar-refractivity contribution in [2.45, 2.75) is 67.9 Å². The Morgan fingerprint density at radius 1 is 1.29 bits per heavy atom. The molecule has 2 heterocycles. The zero-order chi connectivity index (χ0) is 19.6. The Hall–Kier alpha value is -1.83. The van der Waals surface area contributed by atoms with Crippen molar-refractivity contribution >= 4 is 5.78 Å². The van der Waals surface area contributed by atoms with Crippen LogP contribution in [0.4, 0.5) is 0 Å². The second-order valence-electron chi connectivity index (χ2n) is 9.76. The van der Waals surface area contributed by atoms with Crippen LogP contribution in [0.15, 0.2) is 6.07 Å². The quantitative estimate of drug-likeness (QED) is 0.439. The third-order valence-corrected chi connectivity index (χ3v) is 8.58. The monoisotopic (exact) mass is 388 g/mol. The van der Waals surface area contributed by atoms with Crippen LogP contribution in [0.3, 0.4) is 0 Å². The highest BCUT2D eigenvalue weighted by Crippen LogP contribution is 2.67. The van der Waals surface area contributed by atoms with Gasteiger partial charge in [-0.15, -0.1) is 0 Å². The molecule has 6 rings (SSSR count). The van der Waals surface area contributed by atoms with Crippen LogP contribution in [0.5, 0.6) is 17.2 Å². The van der Waals surface area contributed by atoms with E-state index in [0.29, 0.717) is 35.9 Å². The lowest BCUT2D eigenvalue weighted by atomic mass is 9.48. The molecule has 2 saturated carbocycles. The van der Waals surface area contributed by atoms with Gasteiger partial charge in [-0.3, -0.25) is 9.28 Å². The molecule has 1 spiro atoms. The second-order valence-corrected chi connectivity index (χ2v) is 9.76. The fourth-order valence-corrected chi connectivity index (χ4v) is 7.03. The maximum Gasteiger partial charge on any atom is 0.200 e. The maximum atomic E-state index is 12.8. The molecule has 1 aromatic carbocycles. The van der Waals surface area contributed by atoms with Gasteiger partial charge in [-0.1, -0.05) is 0 Å². The summed E-state index contributed by atoms with van der Waals surface area (Å²) in [4.78, 5) is 12.8. The molecular weight excluding hydrogens is 362 g/mol. The molecule has 2 bridgehead atoms. The number of likely N-dealkylation sites (N-methyl/N-ethyl adjacent to an activating group) is 1. The molecule has 0 amide bonds. The lowest BCUT2D eigenvalue weighted by molar-refractivity contribution is -0.991. The van der Waals surface area contributed by atoms with Crippen LogP contribution in [-0.2, 0) is 16.6 Å². The smallest absolute Gasteiger partial charge is 0.200 e. The summed E-state index contributed by atoms with van der Waals surface area (Å²) in [5, 5.41) is 44.0. The number of aliphatic hydroxyl groups excluding tert-OH is 1. The van der Waals surface area contributed by atoms with Crippen molar-refractivity contribution in [3.8, 4) is 17.2 Å². The number of Topliss-reactive ketones (excluding diaryl/α,β-unsaturated/α-hetero) is 1. The van der Waals surface area contributed by atoms with Crippen molar-refractivity contribution in [2.75, 3.05) is 13.6 Å². The summed E-state index contributed by atoms with van der Waals surface area (Å²) in [6.45, 7) is 0.637. The Balaban J connectivity index is 1.62. The number of likely N-dealkylation sites (tertiary alicyclic amines) is 1. The fraction of sp³-hybridized carbons (Fsp3) is 0.667. The Labute approximate surface area is 162 Å². The summed E-state index contributed by atoms with van der Waals surface area (Å²) in [6, 6.07) is 1.25. The topological polar surface area (TPSA) is 107 Å². The van der Waals surface area contributed by atoms with E-state index in [4.69, 9.17) is 4.74 Å². The molecule has 2 aliphatic heterocycles. The molecule has 5 aliphatic rings.